The molecule has 0 saturated heterocycles. The molecule has 1 amide bonds. The molecule has 0 saturated carbocycles. The van der Waals surface area contributed by atoms with E-state index in [2.05, 4.69) is 15.1 Å². The summed E-state index contributed by atoms with van der Waals surface area (Å²) >= 11 is 0. The number of nitrogens with zero attached hydrogens (tertiary/aromatic N) is 2. The van der Waals surface area contributed by atoms with Crippen molar-refractivity contribution >= 4 is 15.9 Å². The minimum Gasteiger partial charge on any atom is -0.347 e. The minimum atomic E-state index is -3.90. The molecule has 0 aliphatic carbocycles. The number of carbonyl (C=O) groups is 1. The van der Waals surface area contributed by atoms with Gasteiger partial charge in [-0.3, -0.25) is 9.48 Å². The zero-order valence-corrected chi connectivity index (χ0v) is 15.1. The van der Waals surface area contributed by atoms with Gasteiger partial charge in [0, 0.05) is 13.2 Å². The lowest BCUT2D eigenvalue weighted by atomic mass is 10.1. The van der Waals surface area contributed by atoms with Crippen molar-refractivity contribution in [1.29, 1.82) is 0 Å². The predicted octanol–water partition coefficient (Wildman–Crippen LogP) is 1.41. The lowest BCUT2D eigenvalue weighted by molar-refractivity contribution is -0.120. The molecule has 0 spiro atoms. The maximum absolute atomic E-state index is 13.1. The van der Waals surface area contributed by atoms with E-state index in [-0.39, 0.29) is 16.5 Å². The van der Waals surface area contributed by atoms with Gasteiger partial charge in [-0.15, -0.1) is 0 Å². The zero-order valence-electron chi connectivity index (χ0n) is 14.3. The standard InChI is InChI=1S/C16H21FN4O3S/c1-4-13(14-7-8-18-21(14)3)20-16(22)10-19-25(23,24)15-6-5-12(17)9-11(15)2/h5-9,13,19H,4,10H2,1-3H3,(H,20,22). The second kappa shape index (κ2) is 7.75. The molecule has 0 aliphatic rings. The number of hydrogen-bond donors (Lipinski definition) is 2. The first-order chi connectivity index (χ1) is 11.7. The molecule has 0 radical (unpaired) electrons. The molecule has 0 aliphatic heterocycles. The molecule has 2 rings (SSSR count). The van der Waals surface area contributed by atoms with Gasteiger partial charge in [-0.1, -0.05) is 6.92 Å². The summed E-state index contributed by atoms with van der Waals surface area (Å²) in [5, 5.41) is 6.83. The molecule has 1 aromatic heterocycles. The highest BCUT2D eigenvalue weighted by Crippen LogP contribution is 2.16. The lowest BCUT2D eigenvalue weighted by Gasteiger charge is -2.17. The third-order valence-corrected chi connectivity index (χ3v) is 5.37. The number of halogens is 1. The molecule has 0 fully saturated rings. The summed E-state index contributed by atoms with van der Waals surface area (Å²) in [5.41, 5.74) is 1.10. The summed E-state index contributed by atoms with van der Waals surface area (Å²) in [6.45, 7) is 2.99. The first-order valence-corrected chi connectivity index (χ1v) is 9.26. The minimum absolute atomic E-state index is 0.0552. The largest absolute Gasteiger partial charge is 0.347 e. The summed E-state index contributed by atoms with van der Waals surface area (Å²) in [5.74, 6) is -0.979. The highest BCUT2D eigenvalue weighted by atomic mass is 32.2. The Bertz CT molecular complexity index is 864. The van der Waals surface area contributed by atoms with Crippen LogP contribution in [0, 0.1) is 12.7 Å². The fourth-order valence-corrected chi connectivity index (χ4v) is 3.72. The summed E-state index contributed by atoms with van der Waals surface area (Å²) in [4.78, 5) is 12.1. The monoisotopic (exact) mass is 368 g/mol. The zero-order chi connectivity index (χ0) is 18.6. The number of amides is 1. The fourth-order valence-electron chi connectivity index (χ4n) is 2.51. The highest BCUT2D eigenvalue weighted by Gasteiger charge is 2.20. The molecule has 1 heterocycles. The number of hydrogen-bond acceptors (Lipinski definition) is 4. The van der Waals surface area contributed by atoms with Crippen LogP contribution in [-0.4, -0.2) is 30.7 Å². The smallest absolute Gasteiger partial charge is 0.241 e. The number of aryl methyl sites for hydroxylation is 2. The first kappa shape index (κ1) is 19.1. The van der Waals surface area contributed by atoms with Crippen LogP contribution in [0.1, 0.15) is 30.6 Å². The van der Waals surface area contributed by atoms with E-state index in [1.54, 1.807) is 24.0 Å². The molecular weight excluding hydrogens is 347 g/mol. The van der Waals surface area contributed by atoms with Gasteiger partial charge in [-0.05, 0) is 43.2 Å². The predicted molar refractivity (Wildman–Crippen MR) is 90.7 cm³/mol. The molecule has 2 aromatic rings. The molecule has 0 bridgehead atoms. The molecule has 136 valence electrons. The van der Waals surface area contributed by atoms with Gasteiger partial charge in [-0.2, -0.15) is 5.10 Å². The maximum Gasteiger partial charge on any atom is 0.241 e. The molecule has 25 heavy (non-hydrogen) atoms. The third-order valence-electron chi connectivity index (χ3n) is 3.81. The first-order valence-electron chi connectivity index (χ1n) is 7.77. The summed E-state index contributed by atoms with van der Waals surface area (Å²) in [6, 6.07) is 4.90. The fraction of sp³-hybridized carbons (Fsp3) is 0.375. The number of sulfonamides is 1. The van der Waals surface area contributed by atoms with Crippen LogP contribution in [0.2, 0.25) is 0 Å². The topological polar surface area (TPSA) is 93.1 Å². The number of aromatic nitrogens is 2. The van der Waals surface area contributed by atoms with Gasteiger partial charge in [0.2, 0.25) is 15.9 Å². The van der Waals surface area contributed by atoms with E-state index in [4.69, 9.17) is 0 Å². The Morgan fingerprint density at radius 1 is 1.36 bits per heavy atom. The molecule has 1 aromatic carbocycles. The van der Waals surface area contributed by atoms with Gasteiger partial charge in [0.25, 0.3) is 0 Å². The van der Waals surface area contributed by atoms with Crippen LogP contribution in [0.3, 0.4) is 0 Å². The van der Waals surface area contributed by atoms with E-state index >= 15 is 0 Å². The van der Waals surface area contributed by atoms with Crippen molar-refractivity contribution in [3.05, 3.63) is 47.5 Å². The van der Waals surface area contributed by atoms with Gasteiger partial charge in [0.05, 0.1) is 23.2 Å². The summed E-state index contributed by atoms with van der Waals surface area (Å²) in [7, 11) is -2.13. The Hall–Kier alpha value is -2.26. The summed E-state index contributed by atoms with van der Waals surface area (Å²) < 4.78 is 41.6. The average molecular weight is 368 g/mol. The van der Waals surface area contributed by atoms with E-state index in [1.165, 1.54) is 13.0 Å². The van der Waals surface area contributed by atoms with Crippen LogP contribution >= 0.6 is 0 Å². The average Bonchev–Trinajstić information content (AvgIpc) is 2.96. The molecule has 7 nitrogen and oxygen atoms in total. The van der Waals surface area contributed by atoms with E-state index < -0.39 is 28.3 Å². The van der Waals surface area contributed by atoms with Gasteiger partial charge in [-0.25, -0.2) is 17.5 Å². The number of carbonyl (C=O) groups excluding carboxylic acids is 1. The van der Waals surface area contributed by atoms with E-state index in [1.807, 2.05) is 6.92 Å². The van der Waals surface area contributed by atoms with E-state index in [9.17, 15) is 17.6 Å². The van der Waals surface area contributed by atoms with Gasteiger partial charge < -0.3 is 5.32 Å². The highest BCUT2D eigenvalue weighted by molar-refractivity contribution is 7.89. The quantitative estimate of drug-likeness (QED) is 0.773. The third kappa shape index (κ3) is 4.64. The van der Waals surface area contributed by atoms with Crippen LogP contribution in [0.25, 0.3) is 0 Å². The van der Waals surface area contributed by atoms with E-state index in [0.29, 0.717) is 6.42 Å². The molecule has 1 unspecified atom stereocenters. The number of rotatable bonds is 7. The molecule has 2 N–H and O–H groups in total. The van der Waals surface area contributed by atoms with Crippen LogP contribution in [-0.2, 0) is 21.9 Å². The summed E-state index contributed by atoms with van der Waals surface area (Å²) in [6.07, 6.45) is 2.26. The van der Waals surface area contributed by atoms with Gasteiger partial charge in [0.15, 0.2) is 0 Å². The van der Waals surface area contributed by atoms with Crippen LogP contribution in [0.4, 0.5) is 4.39 Å². The lowest BCUT2D eigenvalue weighted by Crippen LogP contribution is -2.39. The van der Waals surface area contributed by atoms with Crippen molar-refractivity contribution < 1.29 is 17.6 Å². The van der Waals surface area contributed by atoms with Gasteiger partial charge in [0.1, 0.15) is 5.82 Å². The van der Waals surface area contributed by atoms with Crippen molar-refractivity contribution in [3.8, 4) is 0 Å². The SMILES string of the molecule is CCC(NC(=O)CNS(=O)(=O)c1ccc(F)cc1C)c1ccnn1C. The van der Waals surface area contributed by atoms with Crippen molar-refractivity contribution in [2.75, 3.05) is 6.54 Å². The Kier molecular flexibility index (Phi) is 5.91. The molecule has 9 heteroatoms. The number of benzene rings is 1. The Labute approximate surface area is 146 Å². The normalized spacial score (nSPS) is 12.8. The Morgan fingerprint density at radius 2 is 2.08 bits per heavy atom. The van der Waals surface area contributed by atoms with Crippen LogP contribution in [0.5, 0.6) is 0 Å². The van der Waals surface area contributed by atoms with Crippen LogP contribution in [0.15, 0.2) is 35.4 Å². The molecule has 1 atom stereocenters. The van der Waals surface area contributed by atoms with E-state index in [0.717, 1.165) is 17.8 Å². The number of nitrogens with one attached hydrogen (secondary N) is 2. The second-order valence-corrected chi connectivity index (χ2v) is 7.38. The van der Waals surface area contributed by atoms with Gasteiger partial charge >= 0.3 is 0 Å². The Balaban J connectivity index is 2.02. The van der Waals surface area contributed by atoms with Crippen LogP contribution < -0.4 is 10.0 Å². The van der Waals surface area contributed by atoms with Crippen molar-refractivity contribution in [2.45, 2.75) is 31.2 Å². The molecular formula is C16H21FN4O3S. The maximum atomic E-state index is 13.1. The van der Waals surface area contributed by atoms with Crippen molar-refractivity contribution in [2.24, 2.45) is 7.05 Å². The van der Waals surface area contributed by atoms with Crippen molar-refractivity contribution in [3.63, 3.8) is 0 Å². The second-order valence-electron chi connectivity index (χ2n) is 5.64. The van der Waals surface area contributed by atoms with Crippen molar-refractivity contribution in [1.82, 2.24) is 19.8 Å². The Morgan fingerprint density at radius 3 is 2.64 bits per heavy atom.